The SMILES string of the molecule is Cc1cc([SH2+])cc(C)c1Oc1cc2ccccc2o1.[Cl-]. The molecule has 0 aliphatic heterocycles. The van der Waals surface area contributed by atoms with Gasteiger partial charge in [-0.3, -0.25) is 0 Å². The predicted molar refractivity (Wildman–Crippen MR) is 80.6 cm³/mol. The topological polar surface area (TPSA) is 22.4 Å². The molecule has 104 valence electrons. The first-order valence-corrected chi connectivity index (χ1v) is 6.63. The van der Waals surface area contributed by atoms with Crippen molar-refractivity contribution in [3.63, 3.8) is 0 Å². The molecule has 0 spiro atoms. The van der Waals surface area contributed by atoms with Crippen LogP contribution in [0, 0.1) is 13.8 Å². The van der Waals surface area contributed by atoms with Crippen LogP contribution in [0.2, 0.25) is 0 Å². The van der Waals surface area contributed by atoms with Crippen molar-refractivity contribution < 1.29 is 21.6 Å². The zero-order valence-corrected chi connectivity index (χ0v) is 13.0. The maximum absolute atomic E-state index is 5.89. The maximum atomic E-state index is 5.89. The molecule has 4 heteroatoms. The van der Waals surface area contributed by atoms with Gasteiger partial charge in [-0.2, -0.15) is 0 Å². The molecule has 0 unspecified atom stereocenters. The third-order valence-corrected chi connectivity index (χ3v) is 3.35. The molecule has 2 nitrogen and oxygen atoms in total. The Morgan fingerprint density at radius 2 is 1.65 bits per heavy atom. The van der Waals surface area contributed by atoms with Gasteiger partial charge >= 0.3 is 0 Å². The van der Waals surface area contributed by atoms with Crippen molar-refractivity contribution >= 4 is 23.6 Å². The lowest BCUT2D eigenvalue weighted by Gasteiger charge is -2.08. The monoisotopic (exact) mass is 306 g/mol. The summed E-state index contributed by atoms with van der Waals surface area (Å²) < 4.78 is 11.6. The van der Waals surface area contributed by atoms with Gasteiger partial charge in [0.2, 0.25) is 0 Å². The van der Waals surface area contributed by atoms with Crippen LogP contribution < -0.4 is 17.1 Å². The van der Waals surface area contributed by atoms with Crippen molar-refractivity contribution in [1.82, 2.24) is 0 Å². The number of rotatable bonds is 2. The summed E-state index contributed by atoms with van der Waals surface area (Å²) in [4.78, 5) is 1.05. The number of furan rings is 1. The quantitative estimate of drug-likeness (QED) is 0.664. The van der Waals surface area contributed by atoms with Crippen LogP contribution in [0.25, 0.3) is 11.0 Å². The van der Waals surface area contributed by atoms with Crippen LogP contribution in [0.15, 0.2) is 51.8 Å². The van der Waals surface area contributed by atoms with E-state index in [1.165, 1.54) is 0 Å². The van der Waals surface area contributed by atoms with Gasteiger partial charge in [-0.1, -0.05) is 18.2 Å². The lowest BCUT2D eigenvalue weighted by molar-refractivity contribution is -0.00000513. The third-order valence-electron chi connectivity index (χ3n) is 3.07. The summed E-state index contributed by atoms with van der Waals surface area (Å²) in [5.41, 5.74) is 2.99. The Morgan fingerprint density at radius 1 is 1.00 bits per heavy atom. The summed E-state index contributed by atoms with van der Waals surface area (Å²) in [6.45, 7) is 4.04. The van der Waals surface area contributed by atoms with Crippen molar-refractivity contribution in [2.24, 2.45) is 0 Å². The molecule has 3 rings (SSSR count). The highest BCUT2D eigenvalue weighted by Crippen LogP contribution is 2.33. The van der Waals surface area contributed by atoms with Crippen LogP contribution in [0.1, 0.15) is 11.1 Å². The highest BCUT2D eigenvalue weighted by atomic mass is 35.5. The minimum absolute atomic E-state index is 0. The first kappa shape index (κ1) is 14.8. The highest BCUT2D eigenvalue weighted by molar-refractivity contribution is 7.58. The Kier molecular flexibility index (Phi) is 4.31. The van der Waals surface area contributed by atoms with Crippen LogP contribution in [-0.4, -0.2) is 0 Å². The number of fused-ring (bicyclic) bond motifs is 1. The Bertz CT molecular complexity index is 693. The van der Waals surface area contributed by atoms with Gasteiger partial charge in [-0.15, -0.1) is 0 Å². The lowest BCUT2D eigenvalue weighted by Crippen LogP contribution is -3.00. The molecular formula is C16H15ClO2S. The molecule has 1 heterocycles. The van der Waals surface area contributed by atoms with E-state index >= 15 is 0 Å². The maximum Gasteiger partial charge on any atom is 0.291 e. The molecule has 0 atom stereocenters. The average molecular weight is 307 g/mol. The summed E-state index contributed by atoms with van der Waals surface area (Å²) in [6, 6.07) is 13.8. The first-order valence-electron chi connectivity index (χ1n) is 6.13. The normalized spacial score (nSPS) is 10.3. The molecule has 0 saturated carbocycles. The molecule has 3 aromatic rings. The number of hydrogen-bond acceptors (Lipinski definition) is 2. The molecule has 20 heavy (non-hydrogen) atoms. The summed E-state index contributed by atoms with van der Waals surface area (Å²) >= 11 is 3.53. The molecule has 1 aromatic heterocycles. The largest absolute Gasteiger partial charge is 1.00 e. The van der Waals surface area contributed by atoms with E-state index in [1.54, 1.807) is 0 Å². The second kappa shape index (κ2) is 5.81. The van der Waals surface area contributed by atoms with E-state index in [0.717, 1.165) is 32.7 Å². The van der Waals surface area contributed by atoms with Crippen molar-refractivity contribution in [2.45, 2.75) is 18.7 Å². The Labute approximate surface area is 129 Å². The number of halogens is 1. The van der Waals surface area contributed by atoms with Gasteiger partial charge in [0, 0.05) is 11.5 Å². The van der Waals surface area contributed by atoms with Gasteiger partial charge < -0.3 is 21.6 Å². The molecule has 0 fully saturated rings. The summed E-state index contributed by atoms with van der Waals surface area (Å²) in [6.07, 6.45) is 0. The van der Waals surface area contributed by atoms with Crippen LogP contribution in [0.4, 0.5) is 0 Å². The van der Waals surface area contributed by atoms with Gasteiger partial charge in [0.25, 0.3) is 5.95 Å². The van der Waals surface area contributed by atoms with E-state index in [2.05, 4.69) is 12.6 Å². The third kappa shape index (κ3) is 2.79. The fourth-order valence-corrected chi connectivity index (χ4v) is 2.65. The number of aryl methyl sites for hydroxylation is 2. The van der Waals surface area contributed by atoms with Crippen molar-refractivity contribution in [3.8, 4) is 11.7 Å². The van der Waals surface area contributed by atoms with E-state index in [0.29, 0.717) is 5.95 Å². The standard InChI is InChI=1S/C16H14O2S.ClH/c1-10-7-13(19)8-11(2)16(10)18-15-9-12-5-3-4-6-14(12)17-15;/h3-9,19H,1-2H3;1H. The summed E-state index contributed by atoms with van der Waals surface area (Å²) in [5.74, 6) is 1.37. The number of benzene rings is 2. The van der Waals surface area contributed by atoms with Crippen LogP contribution in [0.5, 0.6) is 11.7 Å². The van der Waals surface area contributed by atoms with E-state index in [1.807, 2.05) is 56.3 Å². The average Bonchev–Trinajstić information content (AvgIpc) is 2.76. The van der Waals surface area contributed by atoms with E-state index in [4.69, 9.17) is 9.15 Å². The fraction of sp³-hybridized carbons (Fsp3) is 0.125. The van der Waals surface area contributed by atoms with Gasteiger partial charge in [0.1, 0.15) is 11.3 Å². The van der Waals surface area contributed by atoms with E-state index in [-0.39, 0.29) is 12.4 Å². The second-order valence-corrected chi connectivity index (χ2v) is 5.22. The Hall–Kier alpha value is -1.58. The molecule has 0 bridgehead atoms. The smallest absolute Gasteiger partial charge is 0.291 e. The number of para-hydroxylation sites is 1. The van der Waals surface area contributed by atoms with Crippen molar-refractivity contribution in [1.29, 1.82) is 0 Å². The minimum Gasteiger partial charge on any atom is -1.00 e. The summed E-state index contributed by atoms with van der Waals surface area (Å²) in [7, 11) is 0. The minimum atomic E-state index is 0. The van der Waals surface area contributed by atoms with Crippen LogP contribution in [-0.2, 0) is 12.6 Å². The molecule has 0 amide bonds. The molecule has 0 aliphatic carbocycles. The fourth-order valence-electron chi connectivity index (χ4n) is 2.22. The zero-order chi connectivity index (χ0) is 13.4. The highest BCUT2D eigenvalue weighted by Gasteiger charge is 2.11. The Balaban J connectivity index is 0.00000147. The Morgan fingerprint density at radius 3 is 2.30 bits per heavy atom. The van der Waals surface area contributed by atoms with Gasteiger partial charge in [-0.05, 0) is 55.8 Å². The van der Waals surface area contributed by atoms with Gasteiger partial charge in [0.15, 0.2) is 4.90 Å². The molecular weight excluding hydrogens is 292 g/mol. The lowest BCUT2D eigenvalue weighted by atomic mass is 10.1. The summed E-state index contributed by atoms with van der Waals surface area (Å²) in [5, 5.41) is 1.05. The zero-order valence-electron chi connectivity index (χ0n) is 11.2. The van der Waals surface area contributed by atoms with Crippen molar-refractivity contribution in [2.75, 3.05) is 0 Å². The van der Waals surface area contributed by atoms with Crippen molar-refractivity contribution in [3.05, 3.63) is 53.6 Å². The molecule has 2 aromatic carbocycles. The van der Waals surface area contributed by atoms with E-state index in [9.17, 15) is 0 Å². The van der Waals surface area contributed by atoms with E-state index < -0.39 is 0 Å². The van der Waals surface area contributed by atoms with Crippen LogP contribution >= 0.6 is 0 Å². The molecule has 0 radical (unpaired) electrons. The molecule has 0 aliphatic rings. The molecule has 0 N–H and O–H groups in total. The van der Waals surface area contributed by atoms with Crippen LogP contribution in [0.3, 0.4) is 0 Å². The number of ether oxygens (including phenoxy) is 1. The number of hydrogen-bond donors (Lipinski definition) is 0. The van der Waals surface area contributed by atoms with Gasteiger partial charge in [0.05, 0.1) is 0 Å². The molecule has 0 saturated heterocycles. The second-order valence-electron chi connectivity index (χ2n) is 4.64. The predicted octanol–water partition coefficient (Wildman–Crippen LogP) is 1.22. The van der Waals surface area contributed by atoms with Gasteiger partial charge in [-0.25, -0.2) is 0 Å². The first-order chi connectivity index (χ1) is 9.13.